The van der Waals surface area contributed by atoms with Gasteiger partial charge in [-0.15, -0.1) is 0 Å². The Labute approximate surface area is 359 Å². The maximum Gasteiger partial charge on any atom is 0.229 e. The van der Waals surface area contributed by atoms with E-state index in [-0.39, 0.29) is 5.28 Å². The Morgan fingerprint density at radius 1 is 0.689 bits per heavy atom. The van der Waals surface area contributed by atoms with Crippen molar-refractivity contribution < 1.29 is 18.9 Å². The molecule has 61 heavy (non-hydrogen) atoms. The average molecular weight is 851 g/mol. The van der Waals surface area contributed by atoms with Crippen molar-refractivity contribution in [2.24, 2.45) is 11.8 Å². The highest BCUT2D eigenvalue weighted by molar-refractivity contribution is 6.28. The molecule has 18 nitrogen and oxygen atoms in total. The van der Waals surface area contributed by atoms with Gasteiger partial charge < -0.3 is 39.8 Å². The lowest BCUT2D eigenvalue weighted by Gasteiger charge is -2.34. The van der Waals surface area contributed by atoms with Gasteiger partial charge in [0, 0.05) is 38.6 Å². The first-order valence-corrected chi connectivity index (χ1v) is 20.7. The molecule has 0 saturated heterocycles. The van der Waals surface area contributed by atoms with Gasteiger partial charge in [-0.2, -0.15) is 9.97 Å². The van der Waals surface area contributed by atoms with Crippen LogP contribution in [0, 0.1) is 25.7 Å². The highest BCUT2D eigenvalue weighted by Crippen LogP contribution is 2.40. The number of hydrogen-bond acceptors (Lipinski definition) is 16. The van der Waals surface area contributed by atoms with Gasteiger partial charge >= 0.3 is 0 Å². The molecule has 0 spiro atoms. The van der Waals surface area contributed by atoms with Gasteiger partial charge in [0.2, 0.25) is 11.2 Å². The Morgan fingerprint density at radius 3 is 1.74 bits per heavy atom. The standard InChI is InChI=1S/C21H25N7O2.C11H14ClN3O.C10H12N4O/c1-13-10-28(12-24-13)19-17(29-3)7-15(8-22-19)25-21-23-9-18-20(26-21)27(2)16(11-30-18)6-14-4-5-14;1-15-8(4-7-2-3-7)6-16-9-5-13-11(12)14-10(9)15;1-7-5-14(6-13-7)10-9(15-2)3-8(11)4-12-10/h7-10,12,14,16H,4-6,11H2,1-3H3,(H,23,25,26);5,7-8H,2-4,6H2,1H3;3-6H,11H2,1-2H3/t16-;8-;/m00./s1. The van der Waals surface area contributed by atoms with Gasteiger partial charge in [0.1, 0.15) is 25.9 Å². The van der Waals surface area contributed by atoms with Crippen molar-refractivity contribution in [3.63, 3.8) is 0 Å². The maximum atomic E-state index is 5.91. The van der Waals surface area contributed by atoms with Crippen molar-refractivity contribution in [1.82, 2.24) is 49.0 Å². The van der Waals surface area contributed by atoms with Crippen LogP contribution < -0.4 is 39.8 Å². The van der Waals surface area contributed by atoms with Crippen LogP contribution in [0.15, 0.2) is 62.0 Å². The average Bonchev–Trinajstić information content (AvgIpc) is 4.19. The molecule has 0 unspecified atom stereocenters. The van der Waals surface area contributed by atoms with Crippen LogP contribution in [0.5, 0.6) is 23.0 Å². The summed E-state index contributed by atoms with van der Waals surface area (Å²) in [6, 6.07) is 4.38. The fourth-order valence-corrected chi connectivity index (χ4v) is 7.32. The van der Waals surface area contributed by atoms with Gasteiger partial charge in [-0.25, -0.2) is 29.9 Å². The van der Waals surface area contributed by atoms with Crippen LogP contribution in [0.3, 0.4) is 0 Å². The topological polar surface area (TPSA) is 194 Å². The Balaban J connectivity index is 0.000000139. The summed E-state index contributed by atoms with van der Waals surface area (Å²) in [6.07, 6.45) is 21.6. The number of ether oxygens (including phenoxy) is 4. The number of anilines is 5. The number of pyridine rings is 2. The first-order chi connectivity index (χ1) is 29.5. The minimum Gasteiger partial charge on any atom is -0.493 e. The number of halogens is 1. The molecule has 4 aliphatic rings. The van der Waals surface area contributed by atoms with Crippen LogP contribution in [0.2, 0.25) is 5.28 Å². The number of methoxy groups -OCH3 is 2. The monoisotopic (exact) mass is 850 g/mol. The summed E-state index contributed by atoms with van der Waals surface area (Å²) in [4.78, 5) is 38.8. The van der Waals surface area contributed by atoms with E-state index < -0.39 is 0 Å². The second-order valence-corrected chi connectivity index (χ2v) is 16.1. The zero-order valence-corrected chi connectivity index (χ0v) is 36.0. The molecule has 2 atom stereocenters. The number of hydrogen-bond donors (Lipinski definition) is 2. The number of nitrogens with zero attached hydrogens (tertiary/aromatic N) is 12. The lowest BCUT2D eigenvalue weighted by Crippen LogP contribution is -2.41. The van der Waals surface area contributed by atoms with Crippen molar-refractivity contribution >= 4 is 40.6 Å². The molecule has 3 N–H and O–H groups in total. The van der Waals surface area contributed by atoms with E-state index in [4.69, 9.17) is 41.3 Å². The predicted octanol–water partition coefficient (Wildman–Crippen LogP) is 6.41. The highest BCUT2D eigenvalue weighted by atomic mass is 35.5. The van der Waals surface area contributed by atoms with Crippen LogP contribution in [0.1, 0.15) is 49.9 Å². The smallest absolute Gasteiger partial charge is 0.229 e. The number of aromatic nitrogens is 10. The molecule has 2 aliphatic carbocycles. The zero-order valence-electron chi connectivity index (χ0n) is 35.2. The van der Waals surface area contributed by atoms with E-state index in [2.05, 4.69) is 64.1 Å². The summed E-state index contributed by atoms with van der Waals surface area (Å²) in [5.74, 6) is 7.91. The van der Waals surface area contributed by atoms with E-state index in [0.29, 0.717) is 53.5 Å². The van der Waals surface area contributed by atoms with Crippen molar-refractivity contribution in [2.45, 2.75) is 64.5 Å². The van der Waals surface area contributed by atoms with Gasteiger partial charge in [-0.1, -0.05) is 25.7 Å². The van der Waals surface area contributed by atoms with Gasteiger partial charge in [0.05, 0.1) is 73.9 Å². The van der Waals surface area contributed by atoms with E-state index >= 15 is 0 Å². The van der Waals surface area contributed by atoms with Crippen molar-refractivity contribution in [3.8, 4) is 34.6 Å². The quantitative estimate of drug-likeness (QED) is 0.144. The number of aryl methyl sites for hydroxylation is 2. The van der Waals surface area contributed by atoms with E-state index in [1.807, 2.05) is 36.9 Å². The summed E-state index contributed by atoms with van der Waals surface area (Å²) in [6.45, 7) is 5.26. The molecular weight excluding hydrogens is 800 g/mol. The van der Waals surface area contributed by atoms with Gasteiger partial charge in [0.15, 0.2) is 46.3 Å². The van der Waals surface area contributed by atoms with Crippen molar-refractivity contribution in [1.29, 1.82) is 0 Å². The number of nitrogens with one attached hydrogen (secondary N) is 1. The van der Waals surface area contributed by atoms with Crippen LogP contribution in [-0.4, -0.2) is 103 Å². The molecule has 0 bridgehead atoms. The van der Waals surface area contributed by atoms with Crippen LogP contribution >= 0.6 is 11.6 Å². The maximum absolute atomic E-state index is 5.91. The minimum atomic E-state index is 0.279. The molecule has 0 radical (unpaired) electrons. The SMILES string of the molecule is CN1c2nc(Cl)ncc2OC[C@@H]1CC1CC1.COc1cc(N)cnc1-n1cnc(C)c1.COc1cc(Nc2ncc3c(n2)N(C)[C@@H](CC2CC2)CO3)cnc1-n1cnc(C)c1. The lowest BCUT2D eigenvalue weighted by molar-refractivity contribution is 0.252. The third kappa shape index (κ3) is 9.96. The third-order valence-electron chi connectivity index (χ3n) is 11.0. The highest BCUT2D eigenvalue weighted by Gasteiger charge is 2.34. The summed E-state index contributed by atoms with van der Waals surface area (Å²) in [5.41, 5.74) is 8.77. The van der Waals surface area contributed by atoms with Gasteiger partial charge in [-0.05, 0) is 50.1 Å². The van der Waals surface area contributed by atoms with Crippen LogP contribution in [0.4, 0.5) is 29.0 Å². The third-order valence-corrected chi connectivity index (χ3v) is 11.2. The fourth-order valence-electron chi connectivity index (χ4n) is 7.19. The van der Waals surface area contributed by atoms with E-state index in [0.717, 1.165) is 65.1 Å². The zero-order chi connectivity index (χ0) is 42.6. The number of nitrogens with two attached hydrogens (primary N) is 1. The Kier molecular flexibility index (Phi) is 12.2. The first-order valence-electron chi connectivity index (χ1n) is 20.3. The van der Waals surface area contributed by atoms with E-state index in [9.17, 15) is 0 Å². The van der Waals surface area contributed by atoms with Gasteiger partial charge in [-0.3, -0.25) is 9.13 Å². The molecule has 2 aliphatic heterocycles. The molecule has 2 fully saturated rings. The number of rotatable bonds is 10. The molecule has 8 heterocycles. The molecule has 320 valence electrons. The Bertz CT molecular complexity index is 2450. The normalized spacial score (nSPS) is 17.6. The number of likely N-dealkylation sites (N-methyl/N-ethyl adjacent to an activating group) is 2. The lowest BCUT2D eigenvalue weighted by atomic mass is 10.1. The minimum absolute atomic E-state index is 0.279. The second-order valence-electron chi connectivity index (χ2n) is 15.7. The van der Waals surface area contributed by atoms with Gasteiger partial charge in [0.25, 0.3) is 0 Å². The Morgan fingerprint density at radius 2 is 1.21 bits per heavy atom. The molecule has 0 amide bonds. The molecular formula is C42H51ClN14O4. The first kappa shape index (κ1) is 41.3. The van der Waals surface area contributed by atoms with Crippen LogP contribution in [-0.2, 0) is 0 Å². The summed E-state index contributed by atoms with van der Waals surface area (Å²) >= 11 is 5.80. The predicted molar refractivity (Wildman–Crippen MR) is 232 cm³/mol. The number of fused-ring (bicyclic) bond motifs is 2. The molecule has 6 aromatic heterocycles. The van der Waals surface area contributed by atoms with E-state index in [1.54, 1.807) is 62.3 Å². The summed E-state index contributed by atoms with van der Waals surface area (Å²) < 4.78 is 25.9. The van der Waals surface area contributed by atoms with E-state index in [1.165, 1.54) is 32.1 Å². The summed E-state index contributed by atoms with van der Waals surface area (Å²) in [7, 11) is 7.34. The van der Waals surface area contributed by atoms with Crippen molar-refractivity contribution in [3.05, 3.63) is 78.6 Å². The van der Waals surface area contributed by atoms with Crippen LogP contribution in [0.25, 0.3) is 11.6 Å². The number of imidazole rings is 2. The Hall–Kier alpha value is -6.43. The fraction of sp³-hybridized carbons (Fsp3) is 0.429. The summed E-state index contributed by atoms with van der Waals surface area (Å²) in [5, 5.41) is 3.51. The largest absolute Gasteiger partial charge is 0.493 e. The molecule has 19 heteroatoms. The molecule has 2 saturated carbocycles. The van der Waals surface area contributed by atoms with Crippen molar-refractivity contribution in [2.75, 3.05) is 62.4 Å². The molecule has 0 aromatic carbocycles. The second kappa shape index (κ2) is 18.0. The number of nitrogen functional groups attached to an aromatic ring is 1. The molecule has 6 aromatic rings. The molecule has 10 rings (SSSR count).